The van der Waals surface area contributed by atoms with E-state index < -0.39 is 26.3 Å². The molecular weight excluding hydrogens is 282 g/mol. The van der Waals surface area contributed by atoms with Gasteiger partial charge in [-0.05, 0) is 12.8 Å². The van der Waals surface area contributed by atoms with Crippen LogP contribution in [0.5, 0.6) is 0 Å². The second-order valence-corrected chi connectivity index (χ2v) is 6.34. The summed E-state index contributed by atoms with van der Waals surface area (Å²) < 4.78 is 10.9. The summed E-state index contributed by atoms with van der Waals surface area (Å²) in [6.07, 6.45) is 1.27. The minimum atomic E-state index is -1.11. The predicted molar refractivity (Wildman–Crippen MR) is 62.4 cm³/mol. The van der Waals surface area contributed by atoms with Crippen molar-refractivity contribution >= 4 is 46.4 Å². The van der Waals surface area contributed by atoms with E-state index in [2.05, 4.69) is 0 Å². The van der Waals surface area contributed by atoms with Crippen molar-refractivity contribution in [2.24, 2.45) is 0 Å². The third-order valence-corrected chi connectivity index (χ3v) is 6.60. The van der Waals surface area contributed by atoms with Gasteiger partial charge in [-0.3, -0.25) is 0 Å². The average molecular weight is 294 g/mol. The quantitative estimate of drug-likeness (QED) is 0.576. The Balaban J connectivity index is 2.56. The van der Waals surface area contributed by atoms with E-state index in [0.29, 0.717) is 12.8 Å². The molecule has 0 spiro atoms. The average Bonchev–Trinajstić information content (AvgIpc) is 2.53. The molecule has 15 heavy (non-hydrogen) atoms. The lowest BCUT2D eigenvalue weighted by Crippen LogP contribution is -2.56. The monoisotopic (exact) mass is 292 g/mol. The van der Waals surface area contributed by atoms with Crippen LogP contribution in [0.2, 0.25) is 0 Å². The standard InChI is InChI=1S/C9H12Cl4O2/c1-14-9(15-2)7(12)3-4-8(9,13)6(11)5(7)10/h5-6H,3-4H2,1-2H3/t5-,6+,7+,8-. The Labute approximate surface area is 109 Å². The molecule has 2 nitrogen and oxygen atoms in total. The molecule has 2 aliphatic rings. The van der Waals surface area contributed by atoms with Crippen LogP contribution in [-0.2, 0) is 9.47 Å². The molecule has 2 fully saturated rings. The first-order chi connectivity index (χ1) is 6.89. The highest BCUT2D eigenvalue weighted by Crippen LogP contribution is 2.68. The number of hydrogen-bond acceptors (Lipinski definition) is 2. The van der Waals surface area contributed by atoms with Crippen LogP contribution in [0.15, 0.2) is 0 Å². The van der Waals surface area contributed by atoms with Crippen LogP contribution in [-0.4, -0.2) is 40.5 Å². The molecule has 0 N–H and O–H groups in total. The van der Waals surface area contributed by atoms with Gasteiger partial charge in [-0.1, -0.05) is 0 Å². The van der Waals surface area contributed by atoms with Gasteiger partial charge in [-0.25, -0.2) is 0 Å². The summed E-state index contributed by atoms with van der Waals surface area (Å²) in [7, 11) is 3.03. The summed E-state index contributed by atoms with van der Waals surface area (Å²) in [5, 5.41) is -0.932. The van der Waals surface area contributed by atoms with Crippen molar-refractivity contribution in [1.82, 2.24) is 0 Å². The van der Waals surface area contributed by atoms with Gasteiger partial charge < -0.3 is 9.47 Å². The Morgan fingerprint density at radius 3 is 1.47 bits per heavy atom. The lowest BCUT2D eigenvalue weighted by Gasteiger charge is -2.39. The fourth-order valence-corrected chi connectivity index (χ4v) is 5.10. The highest BCUT2D eigenvalue weighted by molar-refractivity contribution is 6.44. The number of alkyl halides is 4. The van der Waals surface area contributed by atoms with Crippen molar-refractivity contribution in [3.63, 3.8) is 0 Å². The normalized spacial score (nSPS) is 52.4. The summed E-state index contributed by atoms with van der Waals surface area (Å²) in [5.74, 6) is -1.11. The van der Waals surface area contributed by atoms with Crippen molar-refractivity contribution < 1.29 is 9.47 Å². The second-order valence-electron chi connectivity index (χ2n) is 4.05. The number of halogens is 4. The van der Waals surface area contributed by atoms with E-state index >= 15 is 0 Å². The zero-order valence-corrected chi connectivity index (χ0v) is 11.4. The zero-order valence-electron chi connectivity index (χ0n) is 8.40. The molecule has 2 aliphatic carbocycles. The van der Waals surface area contributed by atoms with E-state index in [1.165, 1.54) is 14.2 Å². The van der Waals surface area contributed by atoms with Crippen LogP contribution in [0.3, 0.4) is 0 Å². The van der Waals surface area contributed by atoms with Crippen molar-refractivity contribution in [1.29, 1.82) is 0 Å². The molecular formula is C9H12Cl4O2. The van der Waals surface area contributed by atoms with E-state index in [9.17, 15) is 0 Å². The molecule has 0 radical (unpaired) electrons. The third-order valence-electron chi connectivity index (χ3n) is 3.65. The van der Waals surface area contributed by atoms with E-state index in [4.69, 9.17) is 55.9 Å². The first-order valence-corrected chi connectivity index (χ1v) is 6.29. The Morgan fingerprint density at radius 2 is 1.27 bits per heavy atom. The van der Waals surface area contributed by atoms with Gasteiger partial charge in [0.15, 0.2) is 0 Å². The van der Waals surface area contributed by atoms with Crippen LogP contribution in [0.1, 0.15) is 12.8 Å². The van der Waals surface area contributed by atoms with Crippen molar-refractivity contribution in [3.8, 4) is 0 Å². The second kappa shape index (κ2) is 3.54. The largest absolute Gasteiger partial charge is 0.350 e. The highest BCUT2D eigenvalue weighted by atomic mass is 35.5. The molecule has 0 aliphatic heterocycles. The Bertz CT molecular complexity index is 259. The summed E-state index contributed by atoms with van der Waals surface area (Å²) in [4.78, 5) is -1.71. The van der Waals surface area contributed by atoms with Crippen LogP contribution in [0.25, 0.3) is 0 Å². The van der Waals surface area contributed by atoms with Crippen LogP contribution in [0, 0.1) is 0 Å². The van der Waals surface area contributed by atoms with E-state index in [0.717, 1.165) is 0 Å². The van der Waals surface area contributed by atoms with Gasteiger partial charge >= 0.3 is 0 Å². The number of ether oxygens (including phenoxy) is 2. The number of hydrogen-bond donors (Lipinski definition) is 0. The SMILES string of the molecule is COC1(OC)[C@@]2(Cl)CC[C@]1(Cl)[C@H](Cl)[C@@H]2Cl. The van der Waals surface area contributed by atoms with Gasteiger partial charge in [-0.15, -0.1) is 46.4 Å². The Kier molecular flexibility index (Phi) is 2.95. The third kappa shape index (κ3) is 1.12. The van der Waals surface area contributed by atoms with Crippen molar-refractivity contribution in [2.45, 2.75) is 39.1 Å². The fourth-order valence-electron chi connectivity index (χ4n) is 2.90. The molecule has 0 unspecified atom stereocenters. The molecule has 0 heterocycles. The van der Waals surface area contributed by atoms with Crippen LogP contribution in [0.4, 0.5) is 0 Å². The van der Waals surface area contributed by atoms with E-state index in [1.807, 2.05) is 0 Å². The first-order valence-electron chi connectivity index (χ1n) is 4.66. The molecule has 88 valence electrons. The lowest BCUT2D eigenvalue weighted by atomic mass is 9.99. The molecule has 4 atom stereocenters. The topological polar surface area (TPSA) is 18.5 Å². The highest BCUT2D eigenvalue weighted by Gasteiger charge is 2.81. The number of methoxy groups -OCH3 is 2. The molecule has 2 rings (SSSR count). The van der Waals surface area contributed by atoms with Gasteiger partial charge in [-0.2, -0.15) is 0 Å². The Morgan fingerprint density at radius 1 is 0.933 bits per heavy atom. The molecule has 6 heteroatoms. The molecule has 0 aromatic rings. The number of fused-ring (bicyclic) bond motifs is 2. The summed E-state index contributed by atoms with van der Waals surface area (Å²) in [5.41, 5.74) is 0. The lowest BCUT2D eigenvalue weighted by molar-refractivity contribution is -0.219. The van der Waals surface area contributed by atoms with Gasteiger partial charge in [0.1, 0.15) is 9.75 Å². The van der Waals surface area contributed by atoms with Crippen LogP contribution >= 0.6 is 46.4 Å². The summed E-state index contributed by atoms with van der Waals surface area (Å²) in [6.45, 7) is 0. The smallest absolute Gasteiger partial charge is 0.209 e. The maximum atomic E-state index is 6.50. The molecule has 2 saturated carbocycles. The van der Waals surface area contributed by atoms with Gasteiger partial charge in [0.25, 0.3) is 0 Å². The van der Waals surface area contributed by atoms with E-state index in [-0.39, 0.29) is 0 Å². The fraction of sp³-hybridized carbons (Fsp3) is 1.00. The van der Waals surface area contributed by atoms with Crippen molar-refractivity contribution in [3.05, 3.63) is 0 Å². The van der Waals surface area contributed by atoms with Gasteiger partial charge in [0.2, 0.25) is 5.79 Å². The molecule has 0 saturated heterocycles. The molecule has 0 amide bonds. The molecule has 2 bridgehead atoms. The predicted octanol–water partition coefficient (Wildman–Crippen LogP) is 2.95. The van der Waals surface area contributed by atoms with Crippen LogP contribution < -0.4 is 0 Å². The molecule has 0 aromatic heterocycles. The van der Waals surface area contributed by atoms with Crippen molar-refractivity contribution in [2.75, 3.05) is 14.2 Å². The summed E-state index contributed by atoms with van der Waals surface area (Å²) in [6, 6.07) is 0. The summed E-state index contributed by atoms with van der Waals surface area (Å²) >= 11 is 25.5. The zero-order chi connectivity index (χ0) is 11.5. The minimum absolute atomic E-state index is 0.466. The van der Waals surface area contributed by atoms with Gasteiger partial charge in [0.05, 0.1) is 10.8 Å². The number of rotatable bonds is 2. The molecule has 0 aromatic carbocycles. The maximum absolute atomic E-state index is 6.50. The Hall–Kier alpha value is 1.08. The minimum Gasteiger partial charge on any atom is -0.350 e. The maximum Gasteiger partial charge on any atom is 0.209 e. The first kappa shape index (κ1) is 12.5. The van der Waals surface area contributed by atoms with E-state index in [1.54, 1.807) is 0 Å². The van der Waals surface area contributed by atoms with Gasteiger partial charge in [0, 0.05) is 14.2 Å².